The van der Waals surface area contributed by atoms with Crippen molar-refractivity contribution in [1.82, 2.24) is 4.57 Å². The summed E-state index contributed by atoms with van der Waals surface area (Å²) in [6.07, 6.45) is 0. The molecule has 0 unspecified atom stereocenters. The molecule has 0 aliphatic rings. The van der Waals surface area contributed by atoms with E-state index in [0.29, 0.717) is 0 Å². The summed E-state index contributed by atoms with van der Waals surface area (Å²) >= 11 is 1.84. The molecule has 3 nitrogen and oxygen atoms in total. The van der Waals surface area contributed by atoms with Crippen LogP contribution in [0.1, 0.15) is 5.56 Å². The van der Waals surface area contributed by atoms with Crippen LogP contribution in [-0.2, 0) is 0 Å². The monoisotopic (exact) mass is 696 g/mol. The van der Waals surface area contributed by atoms with Gasteiger partial charge in [0, 0.05) is 58.8 Å². The molecule has 11 rings (SSSR count). The fourth-order valence-corrected chi connectivity index (χ4v) is 9.21. The molecule has 250 valence electrons. The largest absolute Gasteiger partial charge is 0.454 e. The Labute approximate surface area is 310 Å². The number of rotatable bonds is 5. The number of aryl methyl sites for hydroxylation is 1. The second-order valence-electron chi connectivity index (χ2n) is 13.8. The minimum Gasteiger partial charge on any atom is -0.454 e. The van der Waals surface area contributed by atoms with E-state index in [9.17, 15) is 0 Å². The molecule has 0 spiro atoms. The van der Waals surface area contributed by atoms with E-state index in [2.05, 4.69) is 186 Å². The van der Waals surface area contributed by atoms with Crippen molar-refractivity contribution in [1.29, 1.82) is 0 Å². The second-order valence-corrected chi connectivity index (χ2v) is 14.9. The number of benzene rings is 8. The number of anilines is 3. The maximum Gasteiger partial charge on any atom is 0.159 e. The Morgan fingerprint density at radius 3 is 2.06 bits per heavy atom. The molecule has 0 saturated heterocycles. The number of fused-ring (bicyclic) bond motifs is 9. The van der Waals surface area contributed by atoms with Crippen LogP contribution in [0.15, 0.2) is 180 Å². The first-order chi connectivity index (χ1) is 26.2. The van der Waals surface area contributed by atoms with Crippen molar-refractivity contribution >= 4 is 92.3 Å². The van der Waals surface area contributed by atoms with Gasteiger partial charge < -0.3 is 13.9 Å². The van der Waals surface area contributed by atoms with Crippen LogP contribution in [0, 0.1) is 6.92 Å². The molecular weight excluding hydrogens is 665 g/mol. The third kappa shape index (κ3) is 4.73. The van der Waals surface area contributed by atoms with Crippen LogP contribution >= 0.6 is 11.3 Å². The third-order valence-corrected chi connectivity index (χ3v) is 11.8. The van der Waals surface area contributed by atoms with Crippen molar-refractivity contribution in [2.24, 2.45) is 0 Å². The molecule has 0 N–H and O–H groups in total. The number of hydrogen-bond acceptors (Lipinski definition) is 3. The summed E-state index contributed by atoms with van der Waals surface area (Å²) in [6.45, 7) is 2.14. The summed E-state index contributed by atoms with van der Waals surface area (Å²) in [4.78, 5) is 2.36. The maximum atomic E-state index is 6.79. The first kappa shape index (κ1) is 30.0. The predicted molar refractivity (Wildman–Crippen MR) is 226 cm³/mol. The Balaban J connectivity index is 1.19. The molecule has 3 aromatic heterocycles. The van der Waals surface area contributed by atoms with Gasteiger partial charge in [0.15, 0.2) is 5.58 Å². The predicted octanol–water partition coefficient (Wildman–Crippen LogP) is 14.5. The normalized spacial score (nSPS) is 11.9. The summed E-state index contributed by atoms with van der Waals surface area (Å²) in [6, 6.07) is 63.7. The molecule has 0 amide bonds. The molecule has 0 radical (unpaired) electrons. The molecule has 0 atom stereocenters. The SMILES string of the molecule is Cc1ccc(-n2c3ccccc3c3ccc(-c4cc(N(c5ccccc5)c5ccc6sc7ccccc7c6c5)c5oc6ccccc6c5c4)cc32)cc1. The van der Waals surface area contributed by atoms with E-state index < -0.39 is 0 Å². The molecule has 53 heavy (non-hydrogen) atoms. The number of thiophene rings is 1. The molecule has 4 heteroatoms. The molecule has 0 aliphatic heterocycles. The first-order valence-electron chi connectivity index (χ1n) is 18.0. The average Bonchev–Trinajstić information content (AvgIpc) is 3.88. The van der Waals surface area contributed by atoms with Gasteiger partial charge in [0.2, 0.25) is 0 Å². The van der Waals surface area contributed by atoms with Gasteiger partial charge >= 0.3 is 0 Å². The molecular formula is C49H32N2OS. The zero-order valence-corrected chi connectivity index (χ0v) is 29.8. The van der Waals surface area contributed by atoms with Crippen molar-refractivity contribution in [3.63, 3.8) is 0 Å². The van der Waals surface area contributed by atoms with E-state index in [1.807, 2.05) is 17.4 Å². The zero-order valence-electron chi connectivity index (χ0n) is 29.0. The van der Waals surface area contributed by atoms with Gasteiger partial charge in [-0.1, -0.05) is 103 Å². The topological polar surface area (TPSA) is 21.3 Å². The van der Waals surface area contributed by atoms with Crippen LogP contribution in [0.2, 0.25) is 0 Å². The van der Waals surface area contributed by atoms with Gasteiger partial charge in [0.25, 0.3) is 0 Å². The second kappa shape index (κ2) is 11.7. The molecule has 0 aliphatic carbocycles. The average molecular weight is 697 g/mol. The number of furan rings is 1. The summed E-state index contributed by atoms with van der Waals surface area (Å²) in [5.74, 6) is 0. The quantitative estimate of drug-likeness (QED) is 0.179. The highest BCUT2D eigenvalue weighted by atomic mass is 32.1. The highest BCUT2D eigenvalue weighted by molar-refractivity contribution is 7.25. The number of para-hydroxylation sites is 3. The number of hydrogen-bond donors (Lipinski definition) is 0. The smallest absolute Gasteiger partial charge is 0.159 e. The van der Waals surface area contributed by atoms with Gasteiger partial charge in [0.05, 0.1) is 16.7 Å². The Bertz CT molecular complexity index is 3180. The molecule has 0 bridgehead atoms. The number of aromatic nitrogens is 1. The maximum absolute atomic E-state index is 6.79. The van der Waals surface area contributed by atoms with E-state index in [1.54, 1.807) is 0 Å². The van der Waals surface area contributed by atoms with Crippen LogP contribution in [0.4, 0.5) is 17.1 Å². The molecule has 0 saturated carbocycles. The number of nitrogens with zero attached hydrogens (tertiary/aromatic N) is 2. The fraction of sp³-hybridized carbons (Fsp3) is 0.0204. The van der Waals surface area contributed by atoms with Crippen LogP contribution in [0.3, 0.4) is 0 Å². The lowest BCUT2D eigenvalue weighted by atomic mass is 9.99. The first-order valence-corrected chi connectivity index (χ1v) is 18.8. The van der Waals surface area contributed by atoms with E-state index >= 15 is 0 Å². The van der Waals surface area contributed by atoms with Gasteiger partial charge in [-0.2, -0.15) is 0 Å². The van der Waals surface area contributed by atoms with Gasteiger partial charge in [-0.15, -0.1) is 11.3 Å². The summed E-state index contributed by atoms with van der Waals surface area (Å²) < 4.78 is 11.8. The van der Waals surface area contributed by atoms with Crippen LogP contribution < -0.4 is 4.90 Å². The van der Waals surface area contributed by atoms with Gasteiger partial charge in [-0.3, -0.25) is 0 Å². The van der Waals surface area contributed by atoms with E-state index in [4.69, 9.17) is 4.42 Å². The van der Waals surface area contributed by atoms with Gasteiger partial charge in [-0.05, 0) is 96.9 Å². The molecule has 3 heterocycles. The van der Waals surface area contributed by atoms with Crippen LogP contribution in [0.25, 0.3) is 80.7 Å². The standard InChI is InChI=1S/C49H32N2OS/c1-31-19-22-35(23-20-31)51-43-16-8-5-13-37(43)38-25-21-32(28-44(38)51)33-27-42-39-14-6-9-17-46(39)52-49(42)45(29-33)50(34-11-3-2-4-12-34)36-24-26-48-41(30-36)40-15-7-10-18-47(40)53-48/h2-30H,1H3. The van der Waals surface area contributed by atoms with Crippen molar-refractivity contribution in [3.05, 3.63) is 181 Å². The van der Waals surface area contributed by atoms with Crippen molar-refractivity contribution in [3.8, 4) is 16.8 Å². The summed E-state index contributed by atoms with van der Waals surface area (Å²) in [7, 11) is 0. The zero-order chi connectivity index (χ0) is 35.0. The minimum absolute atomic E-state index is 0.865. The van der Waals surface area contributed by atoms with E-state index in [1.165, 1.54) is 47.5 Å². The summed E-state index contributed by atoms with van der Waals surface area (Å²) in [5.41, 5.74) is 12.0. The minimum atomic E-state index is 0.865. The molecule has 0 fully saturated rings. The lowest BCUT2D eigenvalue weighted by molar-refractivity contribution is 0.669. The van der Waals surface area contributed by atoms with Crippen molar-refractivity contribution in [2.75, 3.05) is 4.90 Å². The van der Waals surface area contributed by atoms with Crippen molar-refractivity contribution < 1.29 is 4.42 Å². The van der Waals surface area contributed by atoms with Crippen molar-refractivity contribution in [2.45, 2.75) is 6.92 Å². The Morgan fingerprint density at radius 1 is 0.472 bits per heavy atom. The highest BCUT2D eigenvalue weighted by Gasteiger charge is 2.22. The van der Waals surface area contributed by atoms with Crippen LogP contribution in [-0.4, -0.2) is 4.57 Å². The van der Waals surface area contributed by atoms with Gasteiger partial charge in [0.1, 0.15) is 5.58 Å². The Kier molecular flexibility index (Phi) is 6.64. The fourth-order valence-electron chi connectivity index (χ4n) is 8.12. The van der Waals surface area contributed by atoms with Gasteiger partial charge in [-0.25, -0.2) is 0 Å². The van der Waals surface area contributed by atoms with Crippen LogP contribution in [0.5, 0.6) is 0 Å². The third-order valence-electron chi connectivity index (χ3n) is 10.6. The summed E-state index contributed by atoms with van der Waals surface area (Å²) in [5, 5.41) is 7.22. The lowest BCUT2D eigenvalue weighted by Gasteiger charge is -2.26. The van der Waals surface area contributed by atoms with E-state index in [-0.39, 0.29) is 0 Å². The molecule has 11 aromatic rings. The highest BCUT2D eigenvalue weighted by Crippen LogP contribution is 2.47. The lowest BCUT2D eigenvalue weighted by Crippen LogP contribution is -2.10. The molecule has 8 aromatic carbocycles. The Hall–Kier alpha value is -6.62. The Morgan fingerprint density at radius 2 is 1.19 bits per heavy atom. The van der Waals surface area contributed by atoms with E-state index in [0.717, 1.165) is 55.8 Å².